The van der Waals surface area contributed by atoms with Crippen LogP contribution in [0.25, 0.3) is 10.8 Å². The van der Waals surface area contributed by atoms with E-state index in [0.717, 1.165) is 16.5 Å². The van der Waals surface area contributed by atoms with Gasteiger partial charge in [-0.25, -0.2) is 4.98 Å². The average Bonchev–Trinajstić information content (AvgIpc) is 3.14. The van der Waals surface area contributed by atoms with E-state index < -0.39 is 5.60 Å². The number of hydrogen-bond donors (Lipinski definition) is 2. The first kappa shape index (κ1) is 16.7. The molecule has 6 heteroatoms. The summed E-state index contributed by atoms with van der Waals surface area (Å²) in [6.45, 7) is 5.97. The Morgan fingerprint density at radius 1 is 1.41 bits per heavy atom. The summed E-state index contributed by atoms with van der Waals surface area (Å²) in [5, 5.41) is 15.6. The van der Waals surface area contributed by atoms with Crippen LogP contribution in [-0.2, 0) is 11.2 Å². The molecule has 5 nitrogen and oxygen atoms in total. The van der Waals surface area contributed by atoms with E-state index in [-0.39, 0.29) is 18.9 Å². The summed E-state index contributed by atoms with van der Waals surface area (Å²) in [4.78, 5) is 16.4. The molecule has 0 fully saturated rings. The van der Waals surface area contributed by atoms with Crippen LogP contribution >= 0.6 is 11.3 Å². The smallest absolute Gasteiger partial charge is 0.226 e. The van der Waals surface area contributed by atoms with Crippen molar-refractivity contribution in [2.75, 3.05) is 6.54 Å². The van der Waals surface area contributed by atoms with Crippen LogP contribution in [0.3, 0.4) is 0 Å². The lowest BCUT2D eigenvalue weighted by atomic mass is 9.97. The Labute approximate surface area is 134 Å². The number of nitrogens with one attached hydrogen (secondary N) is 1. The first-order valence-corrected chi connectivity index (χ1v) is 8.34. The van der Waals surface area contributed by atoms with Crippen molar-refractivity contribution in [1.29, 1.82) is 0 Å². The van der Waals surface area contributed by atoms with E-state index in [2.05, 4.69) is 10.3 Å². The van der Waals surface area contributed by atoms with Crippen molar-refractivity contribution in [3.8, 4) is 10.8 Å². The molecule has 2 heterocycles. The highest BCUT2D eigenvalue weighted by atomic mass is 32.1. The van der Waals surface area contributed by atoms with Crippen molar-refractivity contribution in [2.45, 2.75) is 45.6 Å². The van der Waals surface area contributed by atoms with Gasteiger partial charge in [0.05, 0.1) is 17.7 Å². The Hall–Kier alpha value is -1.66. The van der Waals surface area contributed by atoms with Gasteiger partial charge in [-0.2, -0.15) is 0 Å². The molecule has 22 heavy (non-hydrogen) atoms. The van der Waals surface area contributed by atoms with E-state index >= 15 is 0 Å². The predicted molar refractivity (Wildman–Crippen MR) is 86.8 cm³/mol. The van der Waals surface area contributed by atoms with Gasteiger partial charge in [0.1, 0.15) is 5.76 Å². The van der Waals surface area contributed by atoms with Crippen LogP contribution in [0.4, 0.5) is 0 Å². The number of aromatic nitrogens is 1. The molecule has 0 aliphatic heterocycles. The van der Waals surface area contributed by atoms with E-state index in [1.807, 2.05) is 38.3 Å². The van der Waals surface area contributed by atoms with Gasteiger partial charge in [-0.1, -0.05) is 13.8 Å². The minimum absolute atomic E-state index is 0.132. The van der Waals surface area contributed by atoms with Crippen molar-refractivity contribution < 1.29 is 14.3 Å². The number of thiazole rings is 1. The SMILES string of the molecule is CCC(O)(CC)CNC(=O)Cc1csc(-c2ccc(C)o2)n1. The maximum atomic E-state index is 12.0. The minimum atomic E-state index is -0.825. The average molecular weight is 322 g/mol. The highest BCUT2D eigenvalue weighted by Crippen LogP contribution is 2.25. The van der Waals surface area contributed by atoms with Gasteiger partial charge in [0.15, 0.2) is 10.8 Å². The quantitative estimate of drug-likeness (QED) is 0.822. The predicted octanol–water partition coefficient (Wildman–Crippen LogP) is 2.92. The molecular formula is C16H22N2O3S. The van der Waals surface area contributed by atoms with Gasteiger partial charge in [0, 0.05) is 11.9 Å². The summed E-state index contributed by atoms with van der Waals surface area (Å²) >= 11 is 1.46. The fourth-order valence-electron chi connectivity index (χ4n) is 2.04. The van der Waals surface area contributed by atoms with Crippen molar-refractivity contribution in [3.63, 3.8) is 0 Å². The standard InChI is InChI=1S/C16H22N2O3S/c1-4-16(20,5-2)10-17-14(19)8-12-9-22-15(18-12)13-7-6-11(3)21-13/h6-7,9,20H,4-5,8,10H2,1-3H3,(H,17,19). The summed E-state index contributed by atoms with van der Waals surface area (Å²) < 4.78 is 5.52. The number of carbonyl (C=O) groups is 1. The van der Waals surface area contributed by atoms with Crippen LogP contribution in [0, 0.1) is 6.92 Å². The number of nitrogens with zero attached hydrogens (tertiary/aromatic N) is 1. The van der Waals surface area contributed by atoms with Gasteiger partial charge in [-0.3, -0.25) is 4.79 Å². The first-order valence-electron chi connectivity index (χ1n) is 7.46. The Morgan fingerprint density at radius 2 is 2.14 bits per heavy atom. The zero-order valence-electron chi connectivity index (χ0n) is 13.2. The zero-order valence-corrected chi connectivity index (χ0v) is 14.0. The summed E-state index contributed by atoms with van der Waals surface area (Å²) in [6.07, 6.45) is 1.44. The van der Waals surface area contributed by atoms with Gasteiger partial charge in [0.25, 0.3) is 0 Å². The molecule has 0 radical (unpaired) electrons. The highest BCUT2D eigenvalue weighted by molar-refractivity contribution is 7.13. The van der Waals surface area contributed by atoms with Gasteiger partial charge in [-0.15, -0.1) is 11.3 Å². The van der Waals surface area contributed by atoms with Crippen molar-refractivity contribution in [2.24, 2.45) is 0 Å². The van der Waals surface area contributed by atoms with Gasteiger partial charge >= 0.3 is 0 Å². The lowest BCUT2D eigenvalue weighted by Gasteiger charge is -2.25. The maximum absolute atomic E-state index is 12.0. The number of amides is 1. The lowest BCUT2D eigenvalue weighted by Crippen LogP contribution is -2.42. The third-order valence-corrected chi connectivity index (χ3v) is 4.68. The molecule has 120 valence electrons. The van der Waals surface area contributed by atoms with Crippen LogP contribution in [-0.4, -0.2) is 28.1 Å². The monoisotopic (exact) mass is 322 g/mol. The fraction of sp³-hybridized carbons (Fsp3) is 0.500. The highest BCUT2D eigenvalue weighted by Gasteiger charge is 2.23. The molecule has 0 saturated heterocycles. The minimum Gasteiger partial charge on any atom is -0.459 e. The third kappa shape index (κ3) is 4.18. The Balaban J connectivity index is 1.91. The second-order valence-electron chi connectivity index (χ2n) is 5.44. The summed E-state index contributed by atoms with van der Waals surface area (Å²) in [5.74, 6) is 1.43. The van der Waals surface area contributed by atoms with E-state index in [0.29, 0.717) is 18.5 Å². The number of aliphatic hydroxyl groups is 1. The van der Waals surface area contributed by atoms with Crippen LogP contribution in [0.2, 0.25) is 0 Å². The largest absolute Gasteiger partial charge is 0.459 e. The molecule has 0 unspecified atom stereocenters. The maximum Gasteiger partial charge on any atom is 0.226 e. The number of furan rings is 1. The molecule has 0 saturated carbocycles. The molecule has 0 spiro atoms. The van der Waals surface area contributed by atoms with Crippen molar-refractivity contribution in [3.05, 3.63) is 29.0 Å². The summed E-state index contributed by atoms with van der Waals surface area (Å²) in [5.41, 5.74) is -0.114. The van der Waals surface area contributed by atoms with Gasteiger partial charge in [0.2, 0.25) is 5.91 Å². The van der Waals surface area contributed by atoms with Gasteiger partial charge in [-0.05, 0) is 31.9 Å². The van der Waals surface area contributed by atoms with Crippen LogP contribution in [0.5, 0.6) is 0 Å². The molecule has 2 rings (SSSR count). The molecule has 2 aromatic rings. The number of aryl methyl sites for hydroxylation is 1. The van der Waals surface area contributed by atoms with Crippen LogP contribution in [0.15, 0.2) is 21.9 Å². The number of carbonyl (C=O) groups excluding carboxylic acids is 1. The third-order valence-electron chi connectivity index (χ3n) is 3.78. The molecule has 0 aliphatic carbocycles. The second-order valence-corrected chi connectivity index (χ2v) is 6.30. The lowest BCUT2D eigenvalue weighted by molar-refractivity contribution is -0.121. The molecule has 0 aromatic carbocycles. The molecule has 1 amide bonds. The second kappa shape index (κ2) is 7.07. The fourth-order valence-corrected chi connectivity index (χ4v) is 2.82. The molecule has 2 N–H and O–H groups in total. The number of hydrogen-bond acceptors (Lipinski definition) is 5. The summed E-state index contributed by atoms with van der Waals surface area (Å²) in [7, 11) is 0. The van der Waals surface area contributed by atoms with Crippen LogP contribution < -0.4 is 5.32 Å². The zero-order chi connectivity index (χ0) is 16.2. The van der Waals surface area contributed by atoms with E-state index in [1.165, 1.54) is 11.3 Å². The normalized spacial score (nSPS) is 11.6. The Kier molecular flexibility index (Phi) is 5.37. The van der Waals surface area contributed by atoms with Crippen molar-refractivity contribution in [1.82, 2.24) is 10.3 Å². The molecule has 0 atom stereocenters. The topological polar surface area (TPSA) is 75.4 Å². The van der Waals surface area contributed by atoms with E-state index in [4.69, 9.17) is 4.42 Å². The summed E-state index contributed by atoms with van der Waals surface area (Å²) in [6, 6.07) is 3.76. The number of rotatable bonds is 7. The van der Waals surface area contributed by atoms with Gasteiger partial charge < -0.3 is 14.8 Å². The molecule has 0 aliphatic rings. The van der Waals surface area contributed by atoms with Crippen LogP contribution in [0.1, 0.15) is 38.1 Å². The van der Waals surface area contributed by atoms with Crippen molar-refractivity contribution >= 4 is 17.2 Å². The molecule has 2 aromatic heterocycles. The first-order chi connectivity index (χ1) is 10.5. The Bertz CT molecular complexity index is 629. The Morgan fingerprint density at radius 3 is 2.73 bits per heavy atom. The molecule has 0 bridgehead atoms. The van der Waals surface area contributed by atoms with E-state index in [9.17, 15) is 9.90 Å². The van der Waals surface area contributed by atoms with E-state index in [1.54, 1.807) is 0 Å². The molecular weight excluding hydrogens is 300 g/mol.